The topological polar surface area (TPSA) is 43.8 Å². The summed E-state index contributed by atoms with van der Waals surface area (Å²) < 4.78 is 0. The van der Waals surface area contributed by atoms with E-state index >= 15 is 0 Å². The fourth-order valence-corrected chi connectivity index (χ4v) is 2.08. The normalized spacial score (nSPS) is 23.1. The molecular weight excluding hydrogens is 192 g/mol. The number of carbonyl (C=O) groups is 1. The first-order valence-corrected chi connectivity index (χ1v) is 5.50. The summed E-state index contributed by atoms with van der Waals surface area (Å²) in [5.41, 5.74) is -1.26. The second-order valence-electron chi connectivity index (χ2n) is 5.02. The number of hydrogen-bond acceptors (Lipinski definition) is 3. The van der Waals surface area contributed by atoms with Crippen LogP contribution in [0.5, 0.6) is 0 Å². The molecule has 1 aliphatic heterocycles. The molecule has 0 radical (unpaired) electrons. The minimum Gasteiger partial charge on any atom is -0.381 e. The first-order valence-electron chi connectivity index (χ1n) is 5.50. The second-order valence-corrected chi connectivity index (χ2v) is 5.02. The Labute approximate surface area is 91.9 Å². The SMILES string of the molecule is CN(CC1CCCN1C)C(=O)C(C)(C)O. The van der Waals surface area contributed by atoms with E-state index in [4.69, 9.17) is 0 Å². The van der Waals surface area contributed by atoms with Crippen LogP contribution in [0.3, 0.4) is 0 Å². The molecule has 0 saturated carbocycles. The van der Waals surface area contributed by atoms with Gasteiger partial charge in [0.1, 0.15) is 5.60 Å². The molecule has 1 unspecified atom stereocenters. The average Bonchev–Trinajstić information content (AvgIpc) is 2.49. The van der Waals surface area contributed by atoms with E-state index in [1.807, 2.05) is 0 Å². The van der Waals surface area contributed by atoms with Gasteiger partial charge in [-0.2, -0.15) is 0 Å². The molecule has 4 nitrogen and oxygen atoms in total. The van der Waals surface area contributed by atoms with Gasteiger partial charge in [0.15, 0.2) is 0 Å². The van der Waals surface area contributed by atoms with Crippen LogP contribution in [-0.4, -0.2) is 59.6 Å². The summed E-state index contributed by atoms with van der Waals surface area (Å²) in [6, 6.07) is 0.446. The number of likely N-dealkylation sites (tertiary alicyclic amines) is 1. The molecule has 4 heteroatoms. The number of hydrogen-bond donors (Lipinski definition) is 1. The third kappa shape index (κ3) is 3.18. The van der Waals surface area contributed by atoms with Gasteiger partial charge in [0.2, 0.25) is 0 Å². The molecule has 1 fully saturated rings. The van der Waals surface area contributed by atoms with Crippen LogP contribution < -0.4 is 0 Å². The molecule has 0 aromatic rings. The van der Waals surface area contributed by atoms with Gasteiger partial charge in [0.25, 0.3) is 5.91 Å². The molecule has 1 saturated heterocycles. The molecule has 1 amide bonds. The van der Waals surface area contributed by atoms with Gasteiger partial charge < -0.3 is 14.9 Å². The second kappa shape index (κ2) is 4.49. The molecular formula is C11H22N2O2. The zero-order chi connectivity index (χ0) is 11.6. The van der Waals surface area contributed by atoms with E-state index in [0.717, 1.165) is 13.0 Å². The molecule has 1 rings (SSSR count). The maximum absolute atomic E-state index is 11.7. The lowest BCUT2D eigenvalue weighted by Gasteiger charge is -2.29. The average molecular weight is 214 g/mol. The Hall–Kier alpha value is -0.610. The van der Waals surface area contributed by atoms with Crippen molar-refractivity contribution in [3.63, 3.8) is 0 Å². The van der Waals surface area contributed by atoms with Gasteiger partial charge >= 0.3 is 0 Å². The standard InChI is InChI=1S/C11H22N2O2/c1-11(2,15)10(14)13(4)8-9-6-5-7-12(9)3/h9,15H,5-8H2,1-4H3. The minimum absolute atomic E-state index is 0.206. The Balaban J connectivity index is 2.48. The van der Waals surface area contributed by atoms with Crippen molar-refractivity contribution in [1.82, 2.24) is 9.80 Å². The Bertz CT molecular complexity index is 235. The molecule has 0 aliphatic carbocycles. The highest BCUT2D eigenvalue weighted by Gasteiger charge is 2.30. The molecule has 0 spiro atoms. The minimum atomic E-state index is -1.26. The van der Waals surface area contributed by atoms with Crippen molar-refractivity contribution in [3.8, 4) is 0 Å². The predicted octanol–water partition coefficient (Wildman–Crippen LogP) is 0.310. The highest BCUT2D eigenvalue weighted by atomic mass is 16.3. The van der Waals surface area contributed by atoms with E-state index in [-0.39, 0.29) is 5.91 Å². The number of amides is 1. The fourth-order valence-electron chi connectivity index (χ4n) is 2.08. The first kappa shape index (κ1) is 12.5. The maximum Gasteiger partial charge on any atom is 0.253 e. The van der Waals surface area contributed by atoms with Crippen LogP contribution in [0.25, 0.3) is 0 Å². The number of rotatable bonds is 3. The van der Waals surface area contributed by atoms with Crippen LogP contribution in [0.1, 0.15) is 26.7 Å². The van der Waals surface area contributed by atoms with E-state index < -0.39 is 5.60 Å². The summed E-state index contributed by atoms with van der Waals surface area (Å²) in [5.74, 6) is -0.206. The fraction of sp³-hybridized carbons (Fsp3) is 0.909. The molecule has 1 N–H and O–H groups in total. The highest BCUT2D eigenvalue weighted by Crippen LogP contribution is 2.16. The first-order chi connectivity index (χ1) is 6.82. The third-order valence-corrected chi connectivity index (χ3v) is 3.03. The van der Waals surface area contributed by atoms with Crippen molar-refractivity contribution >= 4 is 5.91 Å². The Morgan fingerprint density at radius 1 is 1.60 bits per heavy atom. The van der Waals surface area contributed by atoms with Crippen LogP contribution in [0.4, 0.5) is 0 Å². The van der Waals surface area contributed by atoms with Crippen LogP contribution in [0, 0.1) is 0 Å². The third-order valence-electron chi connectivity index (χ3n) is 3.03. The molecule has 0 aromatic carbocycles. The number of aliphatic hydroxyl groups is 1. The lowest BCUT2D eigenvalue weighted by molar-refractivity contribution is -0.147. The van der Waals surface area contributed by atoms with Gasteiger partial charge in [-0.3, -0.25) is 4.79 Å². The van der Waals surface area contributed by atoms with Gasteiger partial charge in [-0.25, -0.2) is 0 Å². The van der Waals surface area contributed by atoms with Crippen LogP contribution >= 0.6 is 0 Å². The molecule has 15 heavy (non-hydrogen) atoms. The molecule has 1 aliphatic rings. The van der Waals surface area contributed by atoms with Crippen LogP contribution in [0.15, 0.2) is 0 Å². The van der Waals surface area contributed by atoms with Crippen molar-refractivity contribution in [2.24, 2.45) is 0 Å². The lowest BCUT2D eigenvalue weighted by atomic mass is 10.1. The van der Waals surface area contributed by atoms with Crippen molar-refractivity contribution in [3.05, 3.63) is 0 Å². The van der Waals surface area contributed by atoms with E-state index in [9.17, 15) is 9.90 Å². The van der Waals surface area contributed by atoms with Gasteiger partial charge in [-0.1, -0.05) is 0 Å². The lowest BCUT2D eigenvalue weighted by Crippen LogP contribution is -2.47. The largest absolute Gasteiger partial charge is 0.381 e. The van der Waals surface area contributed by atoms with E-state index in [1.165, 1.54) is 20.3 Å². The van der Waals surface area contributed by atoms with Crippen LogP contribution in [-0.2, 0) is 4.79 Å². The summed E-state index contributed by atoms with van der Waals surface area (Å²) in [6.45, 7) is 4.88. The Kier molecular flexibility index (Phi) is 3.73. The van der Waals surface area contributed by atoms with E-state index in [0.29, 0.717) is 12.6 Å². The van der Waals surface area contributed by atoms with Crippen molar-refractivity contribution in [2.45, 2.75) is 38.3 Å². The summed E-state index contributed by atoms with van der Waals surface area (Å²) in [6.07, 6.45) is 2.34. The molecule has 1 heterocycles. The Morgan fingerprint density at radius 2 is 2.20 bits per heavy atom. The maximum atomic E-state index is 11.7. The Morgan fingerprint density at radius 3 is 2.60 bits per heavy atom. The number of carbonyl (C=O) groups excluding carboxylic acids is 1. The summed E-state index contributed by atoms with van der Waals surface area (Å²) in [7, 11) is 3.84. The zero-order valence-electron chi connectivity index (χ0n) is 10.2. The molecule has 88 valence electrons. The molecule has 0 bridgehead atoms. The highest BCUT2D eigenvalue weighted by molar-refractivity contribution is 5.83. The van der Waals surface area contributed by atoms with Crippen molar-refractivity contribution in [2.75, 3.05) is 27.2 Å². The van der Waals surface area contributed by atoms with Gasteiger partial charge in [-0.15, -0.1) is 0 Å². The number of nitrogens with zero attached hydrogens (tertiary/aromatic N) is 2. The molecule has 1 atom stereocenters. The quantitative estimate of drug-likeness (QED) is 0.735. The monoisotopic (exact) mass is 214 g/mol. The van der Waals surface area contributed by atoms with E-state index in [1.54, 1.807) is 11.9 Å². The summed E-state index contributed by atoms with van der Waals surface area (Å²) >= 11 is 0. The molecule has 0 aromatic heterocycles. The zero-order valence-corrected chi connectivity index (χ0v) is 10.2. The summed E-state index contributed by atoms with van der Waals surface area (Å²) in [4.78, 5) is 15.6. The van der Waals surface area contributed by atoms with Gasteiger partial charge in [0.05, 0.1) is 0 Å². The van der Waals surface area contributed by atoms with Gasteiger partial charge in [0, 0.05) is 19.6 Å². The van der Waals surface area contributed by atoms with Crippen molar-refractivity contribution in [1.29, 1.82) is 0 Å². The van der Waals surface area contributed by atoms with Crippen LogP contribution in [0.2, 0.25) is 0 Å². The van der Waals surface area contributed by atoms with Crippen molar-refractivity contribution < 1.29 is 9.90 Å². The smallest absolute Gasteiger partial charge is 0.253 e. The number of likely N-dealkylation sites (N-methyl/N-ethyl adjacent to an activating group) is 2. The van der Waals surface area contributed by atoms with Gasteiger partial charge in [-0.05, 0) is 40.3 Å². The predicted molar refractivity (Wildman–Crippen MR) is 59.6 cm³/mol. The van der Waals surface area contributed by atoms with E-state index in [2.05, 4.69) is 11.9 Å². The summed E-state index contributed by atoms with van der Waals surface area (Å²) in [5, 5.41) is 9.59.